The zero-order valence-electron chi connectivity index (χ0n) is 19.3. The summed E-state index contributed by atoms with van der Waals surface area (Å²) in [6.45, 7) is 4.61. The maximum absolute atomic E-state index is 13.8. The fourth-order valence-electron chi connectivity index (χ4n) is 6.03. The molecule has 2 saturated heterocycles. The number of rotatable bonds is 8. The van der Waals surface area contributed by atoms with Crippen molar-refractivity contribution in [3.05, 3.63) is 29.5 Å². The van der Waals surface area contributed by atoms with Crippen molar-refractivity contribution in [2.24, 2.45) is 5.41 Å². The molecule has 180 valence electrons. The van der Waals surface area contributed by atoms with Crippen LogP contribution in [-0.2, 0) is 19.1 Å². The van der Waals surface area contributed by atoms with Gasteiger partial charge in [0.15, 0.2) is 6.54 Å². The fraction of sp³-hybridized carbons (Fsp3) is 0.625. The van der Waals surface area contributed by atoms with Gasteiger partial charge in [-0.1, -0.05) is 6.92 Å². The second-order valence-electron chi connectivity index (χ2n) is 10.2. The molecule has 5 atom stereocenters. The van der Waals surface area contributed by atoms with Crippen LogP contribution in [0.4, 0.5) is 11.4 Å². The third kappa shape index (κ3) is 4.90. The van der Waals surface area contributed by atoms with E-state index < -0.39 is 10.6 Å². The summed E-state index contributed by atoms with van der Waals surface area (Å²) in [5.74, 6) is -1.51. The molecule has 9 heteroatoms. The number of ether oxygens (including phenoxy) is 1. The zero-order valence-corrected chi connectivity index (χ0v) is 19.3. The molecule has 3 N–H and O–H groups in total. The molecular formula is C24H33N3O6. The maximum atomic E-state index is 13.8. The number of carbonyl (C=O) groups excluding carboxylic acids is 2. The monoisotopic (exact) mass is 459 g/mol. The number of hydroxylamine groups is 3. The van der Waals surface area contributed by atoms with Crippen molar-refractivity contribution in [1.82, 2.24) is 0 Å². The van der Waals surface area contributed by atoms with Crippen LogP contribution in [0.15, 0.2) is 24.3 Å². The molecule has 1 aromatic rings. The molecule has 3 aliphatic rings. The zero-order chi connectivity index (χ0) is 23.9. The molecule has 1 aliphatic carbocycles. The highest BCUT2D eigenvalue weighted by atomic mass is 16.6. The summed E-state index contributed by atoms with van der Waals surface area (Å²) >= 11 is 0. The number of aliphatic carboxylic acids is 1. The Kier molecular flexibility index (Phi) is 6.24. The van der Waals surface area contributed by atoms with Gasteiger partial charge in [-0.15, -0.1) is 0 Å². The lowest BCUT2D eigenvalue weighted by Gasteiger charge is -2.59. The standard InChI is InChI=1S/C24H33N3O6/c1-23-12-4-14-27(32,18(23)11-13-24(2)22(23)33-24)15-20(29)26-17-9-7-16(8-10-17)25-19(28)5-3-6-21(30)31/h7-10,18,22H,3-6,11-15H2,1-2H3,(H,25,28)(H,26,29)(H,30,31)/t18-,22+,23+,24?,27+/m1/s1. The van der Waals surface area contributed by atoms with Crippen LogP contribution in [-0.4, -0.2) is 58.4 Å². The Hall–Kier alpha value is -2.49. The van der Waals surface area contributed by atoms with Crippen LogP contribution in [0.2, 0.25) is 0 Å². The van der Waals surface area contributed by atoms with Gasteiger partial charge in [-0.2, -0.15) is 0 Å². The first-order valence-corrected chi connectivity index (χ1v) is 11.7. The van der Waals surface area contributed by atoms with Crippen molar-refractivity contribution in [3.63, 3.8) is 0 Å². The fourth-order valence-corrected chi connectivity index (χ4v) is 6.03. The molecular weight excluding hydrogens is 426 g/mol. The number of nitrogens with one attached hydrogen (secondary N) is 2. The van der Waals surface area contributed by atoms with Crippen molar-refractivity contribution in [2.75, 3.05) is 23.7 Å². The van der Waals surface area contributed by atoms with E-state index in [0.717, 1.165) is 25.7 Å². The largest absolute Gasteiger partial charge is 0.632 e. The number of carbonyl (C=O) groups is 3. The number of anilines is 2. The highest BCUT2D eigenvalue weighted by Crippen LogP contribution is 2.61. The molecule has 2 amide bonds. The van der Waals surface area contributed by atoms with Gasteiger partial charge in [0.2, 0.25) is 5.91 Å². The number of likely N-dealkylation sites (tertiary alicyclic amines) is 1. The molecule has 9 nitrogen and oxygen atoms in total. The Morgan fingerprint density at radius 3 is 2.36 bits per heavy atom. The van der Waals surface area contributed by atoms with Crippen molar-refractivity contribution in [1.29, 1.82) is 0 Å². The van der Waals surface area contributed by atoms with E-state index >= 15 is 0 Å². The SMILES string of the molecule is CC12CC[C@@H]3[C@](C)(CCC[N@+]3([O-])CC(=O)Nc3ccc(NC(=O)CCCC(=O)O)cc3)[C@@H]1O2. The number of quaternary nitrogens is 1. The van der Waals surface area contributed by atoms with Crippen molar-refractivity contribution >= 4 is 29.2 Å². The number of amides is 2. The molecule has 0 bridgehead atoms. The lowest BCUT2D eigenvalue weighted by Crippen LogP contribution is -2.66. The summed E-state index contributed by atoms with van der Waals surface area (Å²) in [4.78, 5) is 35.2. The predicted octanol–water partition coefficient (Wildman–Crippen LogP) is 3.25. The van der Waals surface area contributed by atoms with Crippen LogP contribution in [0.25, 0.3) is 0 Å². The lowest BCUT2D eigenvalue weighted by molar-refractivity contribution is -0.913. The Morgan fingerprint density at radius 2 is 1.73 bits per heavy atom. The third-order valence-electron chi connectivity index (χ3n) is 7.64. The predicted molar refractivity (Wildman–Crippen MR) is 122 cm³/mol. The number of hydrogen-bond acceptors (Lipinski definition) is 5. The minimum Gasteiger partial charge on any atom is -0.632 e. The van der Waals surface area contributed by atoms with Crippen LogP contribution < -0.4 is 10.6 Å². The quantitative estimate of drug-likeness (QED) is 0.311. The number of carboxylic acid groups (broad SMARTS) is 1. The molecule has 0 radical (unpaired) electrons. The van der Waals surface area contributed by atoms with Crippen molar-refractivity contribution in [2.45, 2.75) is 76.5 Å². The Balaban J connectivity index is 1.31. The van der Waals surface area contributed by atoms with Gasteiger partial charge in [-0.25, -0.2) is 0 Å². The number of piperidine rings is 1. The van der Waals surface area contributed by atoms with E-state index in [0.29, 0.717) is 17.9 Å². The number of benzene rings is 1. The summed E-state index contributed by atoms with van der Waals surface area (Å²) < 4.78 is 5.50. The molecule has 4 rings (SSSR count). The molecule has 0 spiro atoms. The third-order valence-corrected chi connectivity index (χ3v) is 7.64. The van der Waals surface area contributed by atoms with Gasteiger partial charge in [-0.3, -0.25) is 14.4 Å². The average Bonchev–Trinajstić information content (AvgIpc) is 3.42. The van der Waals surface area contributed by atoms with Crippen LogP contribution in [0, 0.1) is 10.6 Å². The van der Waals surface area contributed by atoms with Gasteiger partial charge in [0.05, 0.1) is 24.3 Å². The minimum absolute atomic E-state index is 0.0505. The van der Waals surface area contributed by atoms with Gasteiger partial charge in [-0.05, 0) is 56.9 Å². The van der Waals surface area contributed by atoms with Crippen LogP contribution in [0.5, 0.6) is 0 Å². The second-order valence-corrected chi connectivity index (χ2v) is 10.2. The lowest BCUT2D eigenvalue weighted by atomic mass is 9.63. The molecule has 0 aromatic heterocycles. The van der Waals surface area contributed by atoms with Crippen LogP contribution >= 0.6 is 0 Å². The number of epoxide rings is 1. The van der Waals surface area contributed by atoms with Crippen LogP contribution in [0.3, 0.4) is 0 Å². The smallest absolute Gasteiger partial charge is 0.303 e. The number of carboxylic acids is 1. The van der Waals surface area contributed by atoms with E-state index in [1.165, 1.54) is 0 Å². The first-order valence-electron chi connectivity index (χ1n) is 11.7. The summed E-state index contributed by atoms with van der Waals surface area (Å²) in [6.07, 6.45) is 3.87. The Bertz CT molecular complexity index is 937. The highest BCUT2D eigenvalue weighted by Gasteiger charge is 2.70. The molecule has 1 unspecified atom stereocenters. The first kappa shape index (κ1) is 23.7. The van der Waals surface area contributed by atoms with Gasteiger partial charge in [0.1, 0.15) is 0 Å². The molecule has 2 aliphatic heterocycles. The highest BCUT2D eigenvalue weighted by molar-refractivity contribution is 5.93. The van der Waals surface area contributed by atoms with E-state index in [1.54, 1.807) is 24.3 Å². The molecule has 3 fully saturated rings. The summed E-state index contributed by atoms with van der Waals surface area (Å²) in [5, 5.41) is 28.0. The van der Waals surface area contributed by atoms with E-state index in [4.69, 9.17) is 9.84 Å². The second kappa shape index (κ2) is 8.70. The van der Waals surface area contributed by atoms with Gasteiger partial charge in [0, 0.05) is 36.1 Å². The topological polar surface area (TPSA) is 131 Å². The molecule has 1 aromatic carbocycles. The molecule has 1 saturated carbocycles. The number of nitrogens with zero attached hydrogens (tertiary/aromatic N) is 1. The maximum Gasteiger partial charge on any atom is 0.303 e. The van der Waals surface area contributed by atoms with Gasteiger partial charge in [0.25, 0.3) is 5.91 Å². The normalized spacial score (nSPS) is 34.5. The molecule has 2 heterocycles. The summed E-state index contributed by atoms with van der Waals surface area (Å²) in [7, 11) is 0. The first-order chi connectivity index (χ1) is 15.5. The number of fused-ring (bicyclic) bond motifs is 3. The van der Waals surface area contributed by atoms with E-state index in [2.05, 4.69) is 24.5 Å². The van der Waals surface area contributed by atoms with E-state index in [9.17, 15) is 19.6 Å². The summed E-state index contributed by atoms with van der Waals surface area (Å²) in [6, 6.07) is 6.54. The van der Waals surface area contributed by atoms with Gasteiger partial charge >= 0.3 is 5.97 Å². The number of hydrogen-bond donors (Lipinski definition) is 3. The van der Waals surface area contributed by atoms with Crippen molar-refractivity contribution < 1.29 is 28.9 Å². The summed E-state index contributed by atoms with van der Waals surface area (Å²) in [5.41, 5.74) is 0.833. The van der Waals surface area contributed by atoms with Crippen LogP contribution in [0.1, 0.15) is 58.8 Å². The Morgan fingerprint density at radius 1 is 1.09 bits per heavy atom. The Labute approximate surface area is 193 Å². The van der Waals surface area contributed by atoms with E-state index in [-0.39, 0.29) is 60.8 Å². The molecule has 33 heavy (non-hydrogen) atoms. The average molecular weight is 460 g/mol. The van der Waals surface area contributed by atoms with Gasteiger partial charge < -0.3 is 30.3 Å². The van der Waals surface area contributed by atoms with E-state index in [1.807, 2.05) is 0 Å². The van der Waals surface area contributed by atoms with Crippen molar-refractivity contribution in [3.8, 4) is 0 Å². The minimum atomic E-state index is -0.929.